The Hall–Kier alpha value is -1.56. The number of anilines is 1. The van der Waals surface area contributed by atoms with Gasteiger partial charge in [0.25, 0.3) is 0 Å². The third-order valence-corrected chi connectivity index (χ3v) is 2.44. The molecule has 0 bridgehead atoms. The van der Waals surface area contributed by atoms with E-state index in [1.807, 2.05) is 0 Å². The van der Waals surface area contributed by atoms with Gasteiger partial charge in [0.1, 0.15) is 0 Å². The highest BCUT2D eigenvalue weighted by atomic mass is 19.4. The minimum atomic E-state index is -4.25. The van der Waals surface area contributed by atoms with Gasteiger partial charge in [-0.2, -0.15) is 13.2 Å². The second-order valence-electron chi connectivity index (χ2n) is 4.56. The lowest BCUT2D eigenvalue weighted by molar-refractivity contribution is -0.127. The first kappa shape index (κ1) is 15.5. The summed E-state index contributed by atoms with van der Waals surface area (Å²) in [5.74, 6) is -0.249. The van der Waals surface area contributed by atoms with Gasteiger partial charge in [0.15, 0.2) is 0 Å². The molecule has 0 fully saturated rings. The standard InChI is InChI=1S/C13H17F3N2O/c1-9(17)5-6-12(19)18-11-4-2-3-10(7-11)8-13(14,15)16/h2-4,7,9H,5-6,8,17H2,1H3,(H,18,19). The van der Waals surface area contributed by atoms with E-state index < -0.39 is 12.6 Å². The quantitative estimate of drug-likeness (QED) is 0.867. The molecule has 0 radical (unpaired) electrons. The molecule has 1 aromatic rings. The van der Waals surface area contributed by atoms with Crippen LogP contribution >= 0.6 is 0 Å². The maximum Gasteiger partial charge on any atom is 0.393 e. The van der Waals surface area contributed by atoms with Gasteiger partial charge in [-0.1, -0.05) is 12.1 Å². The average molecular weight is 274 g/mol. The molecule has 0 aliphatic heterocycles. The number of nitrogens with one attached hydrogen (secondary N) is 1. The van der Waals surface area contributed by atoms with Gasteiger partial charge < -0.3 is 11.1 Å². The van der Waals surface area contributed by atoms with Crippen LogP contribution in [0.15, 0.2) is 24.3 Å². The zero-order valence-corrected chi connectivity index (χ0v) is 10.6. The summed E-state index contributed by atoms with van der Waals surface area (Å²) in [6.45, 7) is 1.79. The number of carbonyl (C=O) groups excluding carboxylic acids is 1. The van der Waals surface area contributed by atoms with Crippen molar-refractivity contribution in [1.82, 2.24) is 0 Å². The molecule has 1 aromatic carbocycles. The highest BCUT2D eigenvalue weighted by Gasteiger charge is 2.27. The number of amides is 1. The van der Waals surface area contributed by atoms with E-state index in [-0.39, 0.29) is 23.9 Å². The van der Waals surface area contributed by atoms with Crippen LogP contribution < -0.4 is 11.1 Å². The summed E-state index contributed by atoms with van der Waals surface area (Å²) in [4.78, 5) is 11.5. The molecule has 0 heterocycles. The summed E-state index contributed by atoms with van der Waals surface area (Å²) in [5, 5.41) is 2.56. The van der Waals surface area contributed by atoms with Gasteiger partial charge >= 0.3 is 6.18 Å². The molecule has 1 rings (SSSR count). The summed E-state index contributed by atoms with van der Waals surface area (Å²) < 4.78 is 36.7. The van der Waals surface area contributed by atoms with Gasteiger partial charge in [-0.15, -0.1) is 0 Å². The molecule has 0 aromatic heterocycles. The topological polar surface area (TPSA) is 55.1 Å². The largest absolute Gasteiger partial charge is 0.393 e. The van der Waals surface area contributed by atoms with E-state index in [1.165, 1.54) is 18.2 Å². The van der Waals surface area contributed by atoms with Crippen molar-refractivity contribution in [1.29, 1.82) is 0 Å². The van der Waals surface area contributed by atoms with E-state index in [2.05, 4.69) is 5.32 Å². The van der Waals surface area contributed by atoms with Crippen LogP contribution in [0.3, 0.4) is 0 Å². The van der Waals surface area contributed by atoms with Crippen molar-refractivity contribution >= 4 is 11.6 Å². The lowest BCUT2D eigenvalue weighted by Crippen LogP contribution is -2.19. The Bertz CT molecular complexity index is 430. The second-order valence-corrected chi connectivity index (χ2v) is 4.56. The van der Waals surface area contributed by atoms with E-state index in [9.17, 15) is 18.0 Å². The fourth-order valence-corrected chi connectivity index (χ4v) is 1.57. The number of benzene rings is 1. The van der Waals surface area contributed by atoms with Crippen molar-refractivity contribution in [2.24, 2.45) is 5.73 Å². The van der Waals surface area contributed by atoms with E-state index >= 15 is 0 Å². The summed E-state index contributed by atoms with van der Waals surface area (Å²) in [5.41, 5.74) is 6.02. The molecule has 1 unspecified atom stereocenters. The number of carbonyl (C=O) groups is 1. The van der Waals surface area contributed by atoms with Crippen molar-refractivity contribution in [3.8, 4) is 0 Å². The van der Waals surface area contributed by atoms with Gasteiger partial charge in [-0.05, 0) is 31.0 Å². The number of halogens is 3. The molecule has 0 spiro atoms. The van der Waals surface area contributed by atoms with E-state index in [1.54, 1.807) is 13.0 Å². The Morgan fingerprint density at radius 1 is 1.42 bits per heavy atom. The van der Waals surface area contributed by atoms with Crippen LogP contribution in [0.1, 0.15) is 25.3 Å². The SMILES string of the molecule is CC(N)CCC(=O)Nc1cccc(CC(F)(F)F)c1. The van der Waals surface area contributed by atoms with Gasteiger partial charge in [-0.25, -0.2) is 0 Å². The van der Waals surface area contributed by atoms with Crippen molar-refractivity contribution in [3.63, 3.8) is 0 Å². The van der Waals surface area contributed by atoms with Crippen LogP contribution in [0, 0.1) is 0 Å². The molecule has 0 saturated carbocycles. The van der Waals surface area contributed by atoms with Crippen molar-refractivity contribution < 1.29 is 18.0 Å². The predicted molar refractivity (Wildman–Crippen MR) is 67.7 cm³/mol. The maximum atomic E-state index is 12.2. The molecule has 3 nitrogen and oxygen atoms in total. The van der Waals surface area contributed by atoms with Crippen molar-refractivity contribution in [3.05, 3.63) is 29.8 Å². The lowest BCUT2D eigenvalue weighted by atomic mass is 10.1. The fourth-order valence-electron chi connectivity index (χ4n) is 1.57. The van der Waals surface area contributed by atoms with E-state index in [4.69, 9.17) is 5.73 Å². The Morgan fingerprint density at radius 2 is 2.11 bits per heavy atom. The molecule has 0 saturated heterocycles. The summed E-state index contributed by atoms with van der Waals surface area (Å²) in [7, 11) is 0. The monoisotopic (exact) mass is 274 g/mol. The Labute approximate surface area is 110 Å². The molecule has 106 valence electrons. The van der Waals surface area contributed by atoms with Gasteiger partial charge in [-0.3, -0.25) is 4.79 Å². The predicted octanol–water partition coefficient (Wildman–Crippen LogP) is 2.86. The third-order valence-electron chi connectivity index (χ3n) is 2.44. The van der Waals surface area contributed by atoms with Crippen LogP contribution in [0.5, 0.6) is 0 Å². The average Bonchev–Trinajstić information content (AvgIpc) is 2.24. The smallest absolute Gasteiger partial charge is 0.328 e. The second kappa shape index (κ2) is 6.56. The Kier molecular flexibility index (Phi) is 5.35. The maximum absolute atomic E-state index is 12.2. The fraction of sp³-hybridized carbons (Fsp3) is 0.462. The van der Waals surface area contributed by atoms with Crippen LogP contribution in [-0.4, -0.2) is 18.1 Å². The van der Waals surface area contributed by atoms with Crippen molar-refractivity contribution in [2.45, 2.75) is 38.4 Å². The van der Waals surface area contributed by atoms with Crippen molar-refractivity contribution in [2.75, 3.05) is 5.32 Å². The molecule has 1 amide bonds. The first-order valence-corrected chi connectivity index (χ1v) is 5.97. The lowest BCUT2D eigenvalue weighted by Gasteiger charge is -2.10. The summed E-state index contributed by atoms with van der Waals surface area (Å²) >= 11 is 0. The highest BCUT2D eigenvalue weighted by molar-refractivity contribution is 5.90. The summed E-state index contributed by atoms with van der Waals surface area (Å²) in [6.07, 6.45) is -4.47. The van der Waals surface area contributed by atoms with Gasteiger partial charge in [0, 0.05) is 18.2 Å². The first-order chi connectivity index (χ1) is 8.76. The first-order valence-electron chi connectivity index (χ1n) is 5.97. The minimum Gasteiger partial charge on any atom is -0.328 e. The number of rotatable bonds is 5. The van der Waals surface area contributed by atoms with Crippen LogP contribution in [-0.2, 0) is 11.2 Å². The number of alkyl halides is 3. The molecular weight excluding hydrogens is 257 g/mol. The van der Waals surface area contributed by atoms with E-state index in [0.29, 0.717) is 12.1 Å². The number of hydrogen-bond acceptors (Lipinski definition) is 2. The molecular formula is C13H17F3N2O. The van der Waals surface area contributed by atoms with Crippen LogP contribution in [0.2, 0.25) is 0 Å². The molecule has 0 aliphatic carbocycles. The number of hydrogen-bond donors (Lipinski definition) is 2. The Morgan fingerprint density at radius 3 is 2.68 bits per heavy atom. The molecule has 6 heteroatoms. The van der Waals surface area contributed by atoms with Crippen LogP contribution in [0.25, 0.3) is 0 Å². The minimum absolute atomic E-state index is 0.0812. The molecule has 19 heavy (non-hydrogen) atoms. The molecule has 3 N–H and O–H groups in total. The molecule has 1 atom stereocenters. The summed E-state index contributed by atoms with van der Waals surface area (Å²) in [6, 6.07) is 5.68. The normalized spacial score (nSPS) is 13.1. The Balaban J connectivity index is 2.59. The zero-order chi connectivity index (χ0) is 14.5. The molecule has 0 aliphatic rings. The third kappa shape index (κ3) is 6.81. The van der Waals surface area contributed by atoms with Crippen LogP contribution in [0.4, 0.5) is 18.9 Å². The number of nitrogens with two attached hydrogens (primary N) is 1. The van der Waals surface area contributed by atoms with Gasteiger partial charge in [0.2, 0.25) is 5.91 Å². The highest BCUT2D eigenvalue weighted by Crippen LogP contribution is 2.22. The van der Waals surface area contributed by atoms with E-state index in [0.717, 1.165) is 0 Å². The van der Waals surface area contributed by atoms with Gasteiger partial charge in [0.05, 0.1) is 6.42 Å². The zero-order valence-electron chi connectivity index (χ0n) is 10.6.